The van der Waals surface area contributed by atoms with Crippen LogP contribution in [0.25, 0.3) is 0 Å². The molecule has 2 aromatic rings. The minimum absolute atomic E-state index is 0. The van der Waals surface area contributed by atoms with Crippen molar-refractivity contribution in [3.8, 4) is 0 Å². The maximum absolute atomic E-state index is 12.8. The molecule has 0 bridgehead atoms. The standard InChI is InChI=1S/C16H21FN4O.HI/c1-3-14-10-15(22-21-14)11-20-16(18-2)19-9-8-12-4-6-13(17)7-5-12;/h4-7,10H,3,8-9,11H2,1-2H3,(H2,18,19,20);1H. The molecule has 0 saturated carbocycles. The fourth-order valence-corrected chi connectivity index (χ4v) is 1.97. The fraction of sp³-hybridized carbons (Fsp3) is 0.375. The maximum atomic E-state index is 12.8. The van der Waals surface area contributed by atoms with E-state index in [9.17, 15) is 4.39 Å². The number of aliphatic imine (C=N–C) groups is 1. The van der Waals surface area contributed by atoms with Gasteiger partial charge in [-0.1, -0.05) is 24.2 Å². The quantitative estimate of drug-likeness (QED) is 0.419. The van der Waals surface area contributed by atoms with Crippen LogP contribution in [-0.4, -0.2) is 24.7 Å². The molecule has 0 aliphatic carbocycles. The van der Waals surface area contributed by atoms with Gasteiger partial charge in [0, 0.05) is 19.7 Å². The van der Waals surface area contributed by atoms with Gasteiger partial charge in [-0.3, -0.25) is 4.99 Å². The summed E-state index contributed by atoms with van der Waals surface area (Å²) < 4.78 is 18.0. The second-order valence-corrected chi connectivity index (χ2v) is 4.87. The van der Waals surface area contributed by atoms with Gasteiger partial charge in [0.2, 0.25) is 0 Å². The van der Waals surface area contributed by atoms with E-state index in [0.717, 1.165) is 29.9 Å². The number of halogens is 2. The topological polar surface area (TPSA) is 62.5 Å². The van der Waals surface area contributed by atoms with Gasteiger partial charge in [0.05, 0.1) is 12.2 Å². The molecule has 5 nitrogen and oxygen atoms in total. The second kappa shape index (κ2) is 10.2. The summed E-state index contributed by atoms with van der Waals surface area (Å²) in [5.41, 5.74) is 2.02. The first-order valence-corrected chi connectivity index (χ1v) is 7.34. The van der Waals surface area contributed by atoms with Crippen LogP contribution in [0.1, 0.15) is 23.9 Å². The molecule has 1 aromatic carbocycles. The van der Waals surface area contributed by atoms with Gasteiger partial charge in [-0.15, -0.1) is 24.0 Å². The molecule has 1 aromatic heterocycles. The predicted molar refractivity (Wildman–Crippen MR) is 99.6 cm³/mol. The van der Waals surface area contributed by atoms with Crippen LogP contribution >= 0.6 is 24.0 Å². The van der Waals surface area contributed by atoms with Gasteiger partial charge in [0.15, 0.2) is 11.7 Å². The number of benzene rings is 1. The molecule has 0 unspecified atom stereocenters. The third-order valence-electron chi connectivity index (χ3n) is 3.24. The Hall–Kier alpha value is -1.64. The molecule has 2 rings (SSSR count). The molecule has 0 aliphatic rings. The normalized spacial score (nSPS) is 11.0. The van der Waals surface area contributed by atoms with Crippen molar-refractivity contribution < 1.29 is 8.91 Å². The fourth-order valence-electron chi connectivity index (χ4n) is 1.97. The molecule has 126 valence electrons. The number of aromatic nitrogens is 1. The summed E-state index contributed by atoms with van der Waals surface area (Å²) in [5, 5.41) is 10.3. The van der Waals surface area contributed by atoms with Crippen molar-refractivity contribution in [2.45, 2.75) is 26.3 Å². The van der Waals surface area contributed by atoms with Crippen molar-refractivity contribution in [1.82, 2.24) is 15.8 Å². The van der Waals surface area contributed by atoms with Crippen LogP contribution in [0.2, 0.25) is 0 Å². The lowest BCUT2D eigenvalue weighted by Crippen LogP contribution is -2.37. The molecule has 0 spiro atoms. The molecule has 0 amide bonds. The van der Waals surface area contributed by atoms with Crippen molar-refractivity contribution in [1.29, 1.82) is 0 Å². The monoisotopic (exact) mass is 432 g/mol. The number of rotatable bonds is 6. The minimum atomic E-state index is -0.215. The first-order chi connectivity index (χ1) is 10.7. The van der Waals surface area contributed by atoms with Crippen molar-refractivity contribution in [2.75, 3.05) is 13.6 Å². The van der Waals surface area contributed by atoms with E-state index in [2.05, 4.69) is 20.8 Å². The lowest BCUT2D eigenvalue weighted by Gasteiger charge is -2.10. The van der Waals surface area contributed by atoms with E-state index >= 15 is 0 Å². The largest absolute Gasteiger partial charge is 0.359 e. The van der Waals surface area contributed by atoms with E-state index < -0.39 is 0 Å². The van der Waals surface area contributed by atoms with E-state index in [0.29, 0.717) is 19.0 Å². The van der Waals surface area contributed by atoms with Crippen molar-refractivity contribution in [3.05, 3.63) is 53.2 Å². The zero-order valence-corrected chi connectivity index (χ0v) is 15.6. The van der Waals surface area contributed by atoms with Gasteiger partial charge in [-0.05, 0) is 30.5 Å². The van der Waals surface area contributed by atoms with Crippen molar-refractivity contribution >= 4 is 29.9 Å². The Morgan fingerprint density at radius 2 is 2.00 bits per heavy atom. The van der Waals surface area contributed by atoms with E-state index in [4.69, 9.17) is 4.52 Å². The van der Waals surface area contributed by atoms with Gasteiger partial charge < -0.3 is 15.2 Å². The average Bonchev–Trinajstić information content (AvgIpc) is 3.00. The highest BCUT2D eigenvalue weighted by Crippen LogP contribution is 2.04. The summed E-state index contributed by atoms with van der Waals surface area (Å²) >= 11 is 0. The highest BCUT2D eigenvalue weighted by atomic mass is 127. The number of hydrogen-bond acceptors (Lipinski definition) is 3. The Bertz CT molecular complexity index is 613. The lowest BCUT2D eigenvalue weighted by atomic mass is 10.1. The zero-order valence-electron chi connectivity index (χ0n) is 13.3. The Morgan fingerprint density at radius 3 is 2.61 bits per heavy atom. The van der Waals surface area contributed by atoms with Crippen LogP contribution < -0.4 is 10.6 Å². The summed E-state index contributed by atoms with van der Waals surface area (Å²) in [4.78, 5) is 4.15. The maximum Gasteiger partial charge on any atom is 0.191 e. The van der Waals surface area contributed by atoms with E-state index in [1.807, 2.05) is 13.0 Å². The van der Waals surface area contributed by atoms with E-state index in [1.165, 1.54) is 12.1 Å². The van der Waals surface area contributed by atoms with Gasteiger partial charge in [0.25, 0.3) is 0 Å². The first kappa shape index (κ1) is 19.4. The molecule has 2 N–H and O–H groups in total. The molecular weight excluding hydrogens is 410 g/mol. The average molecular weight is 432 g/mol. The lowest BCUT2D eigenvalue weighted by molar-refractivity contribution is 0.374. The molecule has 1 heterocycles. The number of nitrogens with zero attached hydrogens (tertiary/aromatic N) is 2. The number of guanidine groups is 1. The number of hydrogen-bond donors (Lipinski definition) is 2. The third kappa shape index (κ3) is 6.55. The Balaban J connectivity index is 0.00000264. The number of aryl methyl sites for hydroxylation is 1. The van der Waals surface area contributed by atoms with Gasteiger partial charge in [-0.25, -0.2) is 4.39 Å². The molecule has 0 atom stereocenters. The van der Waals surface area contributed by atoms with Crippen LogP contribution in [0.4, 0.5) is 4.39 Å². The zero-order chi connectivity index (χ0) is 15.8. The predicted octanol–water partition coefficient (Wildman–Crippen LogP) is 2.90. The summed E-state index contributed by atoms with van der Waals surface area (Å²) in [6.45, 7) is 3.27. The van der Waals surface area contributed by atoms with Crippen LogP contribution in [0.5, 0.6) is 0 Å². The van der Waals surface area contributed by atoms with E-state index in [1.54, 1.807) is 19.2 Å². The summed E-state index contributed by atoms with van der Waals surface area (Å²) in [7, 11) is 1.71. The van der Waals surface area contributed by atoms with Crippen LogP contribution in [-0.2, 0) is 19.4 Å². The van der Waals surface area contributed by atoms with E-state index in [-0.39, 0.29) is 29.8 Å². The molecule has 0 aliphatic heterocycles. The van der Waals surface area contributed by atoms with Gasteiger partial charge in [-0.2, -0.15) is 0 Å². The second-order valence-electron chi connectivity index (χ2n) is 4.87. The van der Waals surface area contributed by atoms with Crippen LogP contribution in [0.15, 0.2) is 39.8 Å². The van der Waals surface area contributed by atoms with Crippen LogP contribution in [0, 0.1) is 5.82 Å². The van der Waals surface area contributed by atoms with Gasteiger partial charge in [0.1, 0.15) is 5.82 Å². The molecule has 0 radical (unpaired) electrons. The smallest absolute Gasteiger partial charge is 0.191 e. The highest BCUT2D eigenvalue weighted by Gasteiger charge is 2.04. The number of nitrogens with one attached hydrogen (secondary N) is 2. The molecular formula is C16H22FIN4O. The summed E-state index contributed by atoms with van der Waals surface area (Å²) in [5.74, 6) is 1.25. The Kier molecular flexibility index (Phi) is 8.60. The Labute approximate surface area is 152 Å². The first-order valence-electron chi connectivity index (χ1n) is 7.34. The van der Waals surface area contributed by atoms with Gasteiger partial charge >= 0.3 is 0 Å². The third-order valence-corrected chi connectivity index (χ3v) is 3.24. The summed E-state index contributed by atoms with van der Waals surface area (Å²) in [6, 6.07) is 8.44. The Morgan fingerprint density at radius 1 is 1.26 bits per heavy atom. The summed E-state index contributed by atoms with van der Waals surface area (Å²) in [6.07, 6.45) is 1.65. The molecule has 0 saturated heterocycles. The minimum Gasteiger partial charge on any atom is -0.359 e. The molecule has 23 heavy (non-hydrogen) atoms. The highest BCUT2D eigenvalue weighted by molar-refractivity contribution is 14.0. The SMILES string of the molecule is CCc1cc(CNC(=NC)NCCc2ccc(F)cc2)on1.I. The molecule has 7 heteroatoms. The van der Waals surface area contributed by atoms with Crippen molar-refractivity contribution in [2.24, 2.45) is 4.99 Å². The van der Waals surface area contributed by atoms with Crippen LogP contribution in [0.3, 0.4) is 0 Å². The van der Waals surface area contributed by atoms with Crippen molar-refractivity contribution in [3.63, 3.8) is 0 Å². The molecule has 0 fully saturated rings.